The number of rotatable bonds is 9. The van der Waals surface area contributed by atoms with Crippen molar-refractivity contribution in [3.05, 3.63) is 67.1 Å². The van der Waals surface area contributed by atoms with E-state index in [0.717, 1.165) is 22.3 Å². The molecule has 0 aliphatic carbocycles. The predicted molar refractivity (Wildman–Crippen MR) is 126 cm³/mol. The predicted octanol–water partition coefficient (Wildman–Crippen LogP) is -0.795. The van der Waals surface area contributed by atoms with Crippen molar-refractivity contribution >= 4 is 12.2 Å². The summed E-state index contributed by atoms with van der Waals surface area (Å²) in [6, 6.07) is 18.4. The molecular weight excluding hydrogens is 425 g/mol. The molecule has 1 aliphatic rings. The Hall–Kier alpha value is -2.45. The molecule has 8 heteroatoms. The molecule has 0 saturated carbocycles. The van der Waals surface area contributed by atoms with Crippen LogP contribution in [0.15, 0.2) is 42.5 Å². The summed E-state index contributed by atoms with van der Waals surface area (Å²) in [7, 11) is 1.61. The summed E-state index contributed by atoms with van der Waals surface area (Å²) in [4.78, 5) is 23.0. The number of methoxy groups -OCH3 is 1. The second kappa shape index (κ2) is 15.4. The number of nitriles is 1. The van der Waals surface area contributed by atoms with Crippen molar-refractivity contribution in [3.63, 3.8) is 0 Å². The minimum absolute atomic E-state index is 0. The van der Waals surface area contributed by atoms with Crippen LogP contribution in [0.3, 0.4) is 0 Å². The van der Waals surface area contributed by atoms with Gasteiger partial charge in [-0.25, -0.2) is 0 Å². The summed E-state index contributed by atoms with van der Waals surface area (Å²) in [6.07, 6.45) is 2.52. The molecule has 3 atom stereocenters. The van der Waals surface area contributed by atoms with Gasteiger partial charge in [-0.3, -0.25) is 11.1 Å². The van der Waals surface area contributed by atoms with Gasteiger partial charge in [0.2, 0.25) is 0 Å². The van der Waals surface area contributed by atoms with Gasteiger partial charge in [-0.1, -0.05) is 30.7 Å². The van der Waals surface area contributed by atoms with Gasteiger partial charge < -0.3 is 32.3 Å². The van der Waals surface area contributed by atoms with Crippen LogP contribution in [0.4, 0.5) is 0 Å². The molecule has 0 radical (unpaired) electrons. The summed E-state index contributed by atoms with van der Waals surface area (Å²) in [5, 5.41) is 15.5. The van der Waals surface area contributed by atoms with E-state index in [9.17, 15) is 14.9 Å². The van der Waals surface area contributed by atoms with Crippen molar-refractivity contribution < 1.29 is 37.9 Å². The minimum atomic E-state index is -0.658. The first-order chi connectivity index (χ1) is 15.6. The van der Waals surface area contributed by atoms with E-state index in [1.165, 1.54) is 0 Å². The first kappa shape index (κ1) is 29.6. The Morgan fingerprint density at radius 1 is 1.32 bits per heavy atom. The molecule has 176 valence electrons. The molecule has 1 heterocycles. The van der Waals surface area contributed by atoms with Crippen molar-refractivity contribution in [2.45, 2.75) is 37.5 Å². The number of amides is 1. The molecule has 2 N–H and O–H groups in total. The van der Waals surface area contributed by atoms with E-state index >= 15 is 0 Å². The number of benzene rings is 2. The molecule has 2 aromatic rings. The van der Waals surface area contributed by atoms with Crippen LogP contribution < -0.4 is 29.5 Å². The zero-order valence-corrected chi connectivity index (χ0v) is 20.1. The van der Waals surface area contributed by atoms with Crippen LogP contribution in [-0.2, 0) is 31.9 Å². The number of carbonyl (C=O) groups excluding carboxylic acids is 2. The van der Waals surface area contributed by atoms with Crippen molar-refractivity contribution in [1.29, 1.82) is 5.26 Å². The van der Waals surface area contributed by atoms with Crippen LogP contribution in [0.5, 0.6) is 0 Å². The zero-order valence-electron chi connectivity index (χ0n) is 20.1. The monoisotopic (exact) mass is 455 g/mol. The van der Waals surface area contributed by atoms with Gasteiger partial charge in [-0.05, 0) is 11.1 Å². The molecule has 1 saturated heterocycles. The maximum Gasteiger partial charge on any atom is 1.00 e. The Kier molecular flexibility index (Phi) is 13.4. The summed E-state index contributed by atoms with van der Waals surface area (Å²) in [5.41, 5.74) is 3.98. The van der Waals surface area contributed by atoms with Gasteiger partial charge in [0.05, 0.1) is 18.8 Å². The number of hydrogen-bond acceptors (Lipinski definition) is 6. The molecular formula is C26H30LiN3O4-2. The maximum atomic E-state index is 12.6. The van der Waals surface area contributed by atoms with Crippen LogP contribution in [0.2, 0.25) is 0 Å². The molecule has 7 nitrogen and oxygen atoms in total. The standard InChI is InChI=1S/C25H27N3O4.CH3.Li/c1-31-23-15-27-16-24(32-17-23)25(30)28-22(14-26)13-19-7-9-20(10-8-19)21-6-2-4-18(12-21)5-3-11-29;;/h2,6-10,12,22-24,27H,3,5,13,15-17H2,1H3,(H,28,30);1H3;/q-2;-1;+1/t22-,23?,24-;;/m0../s1. The van der Waals surface area contributed by atoms with Crippen LogP contribution in [0.25, 0.3) is 11.1 Å². The van der Waals surface area contributed by atoms with Gasteiger partial charge in [-0.2, -0.15) is 41.5 Å². The van der Waals surface area contributed by atoms with Gasteiger partial charge in [0, 0.05) is 26.6 Å². The van der Waals surface area contributed by atoms with E-state index in [0.29, 0.717) is 39.0 Å². The molecule has 3 rings (SSSR count). The number of ether oxygens (including phenoxy) is 2. The summed E-state index contributed by atoms with van der Waals surface area (Å²) < 4.78 is 10.9. The summed E-state index contributed by atoms with van der Waals surface area (Å²) in [6.45, 7) is 1.32. The van der Waals surface area contributed by atoms with Crippen LogP contribution in [-0.4, -0.2) is 57.2 Å². The summed E-state index contributed by atoms with van der Waals surface area (Å²) in [5.74, 6) is -0.307. The Labute approximate surface area is 214 Å². The minimum Gasteiger partial charge on any atom is -0.542 e. The topological polar surface area (TPSA) is 100 Å². The largest absolute Gasteiger partial charge is 1.00 e. The first-order valence-corrected chi connectivity index (χ1v) is 10.6. The third kappa shape index (κ3) is 8.72. The van der Waals surface area contributed by atoms with Gasteiger partial charge >= 0.3 is 18.9 Å². The third-order valence-electron chi connectivity index (χ3n) is 5.37. The molecule has 1 amide bonds. The number of nitrogens with one attached hydrogen (secondary N) is 2. The van der Waals surface area contributed by atoms with Crippen molar-refractivity contribution in [2.75, 3.05) is 26.8 Å². The SMILES string of the molecule is COC1CNC[C@@H](C(=O)N[C@H](C#N)Cc2ccc(-c3cc[c-]c(CC[C-]=O)c3)cc2)OC1.[CH3-].[Li+]. The normalized spacial score (nSPS) is 18.2. The fraction of sp³-hybridized carbons (Fsp3) is 0.385. The first-order valence-electron chi connectivity index (χ1n) is 10.6. The smallest absolute Gasteiger partial charge is 0.542 e. The molecule has 0 bridgehead atoms. The van der Waals surface area contributed by atoms with Crippen LogP contribution in [0.1, 0.15) is 17.5 Å². The number of hydrogen-bond donors (Lipinski definition) is 2. The van der Waals surface area contributed by atoms with E-state index in [2.05, 4.69) is 22.8 Å². The average Bonchev–Trinajstić information content (AvgIpc) is 3.09. The van der Waals surface area contributed by atoms with Gasteiger partial charge in [-0.15, -0.1) is 5.56 Å². The molecule has 1 aliphatic heterocycles. The van der Waals surface area contributed by atoms with E-state index in [-0.39, 0.29) is 38.3 Å². The fourth-order valence-electron chi connectivity index (χ4n) is 3.52. The van der Waals surface area contributed by atoms with E-state index in [1.54, 1.807) is 7.11 Å². The molecule has 0 aromatic heterocycles. The van der Waals surface area contributed by atoms with E-state index in [1.807, 2.05) is 48.8 Å². The molecule has 34 heavy (non-hydrogen) atoms. The quantitative estimate of drug-likeness (QED) is 0.380. The molecule has 0 spiro atoms. The molecule has 2 aromatic carbocycles. The molecule has 1 unspecified atom stereocenters. The second-order valence-corrected chi connectivity index (χ2v) is 7.68. The van der Waals surface area contributed by atoms with Crippen LogP contribution in [0, 0.1) is 24.8 Å². The number of aryl methyl sites for hydroxylation is 1. The van der Waals surface area contributed by atoms with Gasteiger partial charge in [0.1, 0.15) is 12.1 Å². The Bertz CT molecular complexity index is 946. The second-order valence-electron chi connectivity index (χ2n) is 7.68. The number of carbonyl (C=O) groups is 1. The molecule has 1 fully saturated rings. The van der Waals surface area contributed by atoms with Crippen molar-refractivity contribution in [3.8, 4) is 17.2 Å². The van der Waals surface area contributed by atoms with Crippen molar-refractivity contribution in [1.82, 2.24) is 10.6 Å². The number of nitrogens with zero attached hydrogens (tertiary/aromatic N) is 1. The fourth-order valence-corrected chi connectivity index (χ4v) is 3.52. The van der Waals surface area contributed by atoms with Gasteiger partial charge in [0.15, 0.2) is 0 Å². The Morgan fingerprint density at radius 2 is 2.09 bits per heavy atom. The average molecular weight is 455 g/mol. The van der Waals surface area contributed by atoms with Gasteiger partial charge in [0.25, 0.3) is 5.91 Å². The maximum absolute atomic E-state index is 12.6. The third-order valence-corrected chi connectivity index (χ3v) is 5.37. The Morgan fingerprint density at radius 3 is 2.76 bits per heavy atom. The van der Waals surface area contributed by atoms with Crippen LogP contribution >= 0.6 is 0 Å². The van der Waals surface area contributed by atoms with Crippen molar-refractivity contribution in [2.24, 2.45) is 0 Å². The van der Waals surface area contributed by atoms with E-state index in [4.69, 9.17) is 9.47 Å². The zero-order chi connectivity index (χ0) is 22.8. The Balaban J connectivity index is 0.00000289. The van der Waals surface area contributed by atoms with E-state index < -0.39 is 12.1 Å². The summed E-state index contributed by atoms with van der Waals surface area (Å²) >= 11 is 0.